The van der Waals surface area contributed by atoms with Gasteiger partial charge in [-0.2, -0.15) is 0 Å². The Hall–Kier alpha value is -1.10. The van der Waals surface area contributed by atoms with E-state index in [1.165, 1.54) is 0 Å². The number of ether oxygens (including phenoxy) is 3. The molecule has 124 valence electrons. The Bertz CT molecular complexity index is 294. The zero-order chi connectivity index (χ0) is 16.3. The first-order chi connectivity index (χ1) is 9.94. The van der Waals surface area contributed by atoms with Crippen LogP contribution in [0.15, 0.2) is 0 Å². The molecule has 5 nitrogen and oxygen atoms in total. The van der Waals surface area contributed by atoms with Gasteiger partial charge >= 0.3 is 11.9 Å². The molecule has 0 saturated carbocycles. The number of rotatable bonds is 11. The molecule has 0 N–H and O–H groups in total. The highest BCUT2D eigenvalue weighted by atomic mass is 16.6. The van der Waals surface area contributed by atoms with Crippen LogP contribution in [-0.4, -0.2) is 38.9 Å². The average molecular weight is 302 g/mol. The molecule has 0 rings (SSSR count). The highest BCUT2D eigenvalue weighted by molar-refractivity contribution is 6.00. The van der Waals surface area contributed by atoms with Gasteiger partial charge in [-0.05, 0) is 45.4 Å². The predicted octanol–water partition coefficient (Wildman–Crippen LogP) is 2.96. The molecule has 0 amide bonds. The van der Waals surface area contributed by atoms with Crippen molar-refractivity contribution in [1.82, 2.24) is 0 Å². The summed E-state index contributed by atoms with van der Waals surface area (Å²) in [7, 11) is 1.64. The quantitative estimate of drug-likeness (QED) is 0.333. The number of hydrogen-bond donors (Lipinski definition) is 0. The first kappa shape index (κ1) is 19.9. The molecule has 0 radical (unpaired) electrons. The molecule has 0 aromatic heterocycles. The number of carbonyl (C=O) groups excluding carboxylic acids is 2. The van der Waals surface area contributed by atoms with E-state index >= 15 is 0 Å². The van der Waals surface area contributed by atoms with Gasteiger partial charge in [0.15, 0.2) is 5.41 Å². The van der Waals surface area contributed by atoms with Crippen LogP contribution >= 0.6 is 0 Å². The molecule has 0 fully saturated rings. The molecule has 0 aromatic carbocycles. The topological polar surface area (TPSA) is 61.8 Å². The fourth-order valence-electron chi connectivity index (χ4n) is 2.46. The van der Waals surface area contributed by atoms with Crippen molar-refractivity contribution in [2.45, 2.75) is 53.4 Å². The zero-order valence-corrected chi connectivity index (χ0v) is 14.1. The molecule has 5 heteroatoms. The predicted molar refractivity (Wildman–Crippen MR) is 80.9 cm³/mol. The van der Waals surface area contributed by atoms with Crippen molar-refractivity contribution in [3.05, 3.63) is 0 Å². The average Bonchev–Trinajstić information content (AvgIpc) is 2.42. The lowest BCUT2D eigenvalue weighted by Crippen LogP contribution is -2.43. The molecule has 0 aromatic rings. The third-order valence-corrected chi connectivity index (χ3v) is 3.29. The van der Waals surface area contributed by atoms with Gasteiger partial charge in [-0.1, -0.05) is 13.8 Å². The van der Waals surface area contributed by atoms with E-state index in [1.54, 1.807) is 21.0 Å². The highest BCUT2D eigenvalue weighted by Crippen LogP contribution is 2.35. The summed E-state index contributed by atoms with van der Waals surface area (Å²) in [5, 5.41) is 0. The van der Waals surface area contributed by atoms with Gasteiger partial charge in [0.05, 0.1) is 13.2 Å². The van der Waals surface area contributed by atoms with Crippen LogP contribution in [0, 0.1) is 11.3 Å². The monoisotopic (exact) mass is 302 g/mol. The number of carbonyl (C=O) groups is 2. The van der Waals surface area contributed by atoms with Gasteiger partial charge in [0.2, 0.25) is 0 Å². The zero-order valence-electron chi connectivity index (χ0n) is 14.1. The van der Waals surface area contributed by atoms with E-state index in [2.05, 4.69) is 0 Å². The van der Waals surface area contributed by atoms with Crippen LogP contribution in [-0.2, 0) is 23.8 Å². The molecule has 0 atom stereocenters. The maximum atomic E-state index is 12.4. The summed E-state index contributed by atoms with van der Waals surface area (Å²) in [5.74, 6) is -0.731. The Morgan fingerprint density at radius 2 is 1.52 bits per heavy atom. The molecule has 0 saturated heterocycles. The molecule has 0 unspecified atom stereocenters. The number of esters is 2. The lowest BCUT2D eigenvalue weighted by atomic mass is 9.76. The van der Waals surface area contributed by atoms with Crippen LogP contribution in [0.25, 0.3) is 0 Å². The summed E-state index contributed by atoms with van der Waals surface area (Å²) in [4.78, 5) is 24.9. The van der Waals surface area contributed by atoms with Crippen LogP contribution in [0.3, 0.4) is 0 Å². The Morgan fingerprint density at radius 3 is 1.90 bits per heavy atom. The van der Waals surface area contributed by atoms with Crippen molar-refractivity contribution < 1.29 is 23.8 Å². The van der Waals surface area contributed by atoms with E-state index in [0.29, 0.717) is 19.4 Å². The lowest BCUT2D eigenvalue weighted by Gasteiger charge is -2.30. The number of hydrogen-bond acceptors (Lipinski definition) is 5. The summed E-state index contributed by atoms with van der Waals surface area (Å²) in [6.45, 7) is 8.60. The summed E-state index contributed by atoms with van der Waals surface area (Å²) < 4.78 is 15.3. The first-order valence-electron chi connectivity index (χ1n) is 7.78. The third kappa shape index (κ3) is 6.46. The fraction of sp³-hybridized carbons (Fsp3) is 0.875. The van der Waals surface area contributed by atoms with Crippen LogP contribution in [0.2, 0.25) is 0 Å². The van der Waals surface area contributed by atoms with E-state index in [0.717, 1.165) is 12.8 Å². The Labute approximate surface area is 128 Å². The van der Waals surface area contributed by atoms with Gasteiger partial charge in [-0.3, -0.25) is 9.59 Å². The molecule has 0 aliphatic carbocycles. The van der Waals surface area contributed by atoms with E-state index < -0.39 is 17.4 Å². The van der Waals surface area contributed by atoms with Gasteiger partial charge in [-0.25, -0.2) is 0 Å². The summed E-state index contributed by atoms with van der Waals surface area (Å²) in [6.07, 6.45) is 2.40. The van der Waals surface area contributed by atoms with Crippen molar-refractivity contribution in [3.63, 3.8) is 0 Å². The second-order valence-electron chi connectivity index (χ2n) is 5.57. The maximum absolute atomic E-state index is 12.4. The number of methoxy groups -OCH3 is 1. The normalized spacial score (nSPS) is 11.5. The minimum atomic E-state index is -1.19. The third-order valence-electron chi connectivity index (χ3n) is 3.29. The summed E-state index contributed by atoms with van der Waals surface area (Å²) in [6, 6.07) is 0. The minimum absolute atomic E-state index is 0.196. The van der Waals surface area contributed by atoms with Crippen molar-refractivity contribution in [3.8, 4) is 0 Å². The smallest absolute Gasteiger partial charge is 0.323 e. The van der Waals surface area contributed by atoms with Gasteiger partial charge in [-0.15, -0.1) is 0 Å². The van der Waals surface area contributed by atoms with Crippen molar-refractivity contribution in [1.29, 1.82) is 0 Å². The molecule has 0 aliphatic rings. The largest absolute Gasteiger partial charge is 0.465 e. The first-order valence-corrected chi connectivity index (χ1v) is 7.78. The van der Waals surface area contributed by atoms with Crippen LogP contribution in [0.4, 0.5) is 0 Å². The van der Waals surface area contributed by atoms with Crippen molar-refractivity contribution in [2.24, 2.45) is 11.3 Å². The molecule has 21 heavy (non-hydrogen) atoms. The number of unbranched alkanes of at least 4 members (excludes halogenated alkanes) is 1. The van der Waals surface area contributed by atoms with Crippen molar-refractivity contribution in [2.75, 3.05) is 26.9 Å². The molecular weight excluding hydrogens is 272 g/mol. The Balaban J connectivity index is 5.18. The Morgan fingerprint density at radius 1 is 1.00 bits per heavy atom. The molecule has 0 bridgehead atoms. The van der Waals surface area contributed by atoms with E-state index in [-0.39, 0.29) is 19.1 Å². The minimum Gasteiger partial charge on any atom is -0.465 e. The molecule has 0 spiro atoms. The second kappa shape index (κ2) is 10.6. The lowest BCUT2D eigenvalue weighted by molar-refractivity contribution is -0.174. The summed E-state index contributed by atoms with van der Waals surface area (Å²) >= 11 is 0. The van der Waals surface area contributed by atoms with Gasteiger partial charge < -0.3 is 14.2 Å². The van der Waals surface area contributed by atoms with Gasteiger partial charge in [0.25, 0.3) is 0 Å². The fourth-order valence-corrected chi connectivity index (χ4v) is 2.46. The van der Waals surface area contributed by atoms with Crippen molar-refractivity contribution >= 4 is 11.9 Å². The SMILES string of the molecule is CCOC(=O)C(CCCCOC)(CC(C)C)C(=O)OCC. The highest BCUT2D eigenvalue weighted by Gasteiger charge is 2.48. The van der Waals surface area contributed by atoms with E-state index in [9.17, 15) is 9.59 Å². The second-order valence-corrected chi connectivity index (χ2v) is 5.57. The van der Waals surface area contributed by atoms with E-state index in [1.807, 2.05) is 13.8 Å². The molecule has 0 heterocycles. The molecular formula is C16H30O5. The standard InChI is InChI=1S/C16H30O5/c1-6-20-14(17)16(12-13(3)4,15(18)21-7-2)10-8-9-11-19-5/h13H,6-12H2,1-5H3. The van der Waals surface area contributed by atoms with Crippen LogP contribution in [0.5, 0.6) is 0 Å². The summed E-state index contributed by atoms with van der Waals surface area (Å²) in [5.41, 5.74) is -1.19. The van der Waals surface area contributed by atoms with Crippen LogP contribution in [0.1, 0.15) is 53.4 Å². The van der Waals surface area contributed by atoms with Crippen LogP contribution < -0.4 is 0 Å². The van der Waals surface area contributed by atoms with Gasteiger partial charge in [0.1, 0.15) is 0 Å². The van der Waals surface area contributed by atoms with E-state index in [4.69, 9.17) is 14.2 Å². The van der Waals surface area contributed by atoms with Gasteiger partial charge in [0, 0.05) is 13.7 Å². The molecule has 0 aliphatic heterocycles. The maximum Gasteiger partial charge on any atom is 0.323 e. The Kier molecular flexibility index (Phi) is 10.0.